The minimum Gasteiger partial charge on any atom is -0.461 e. The monoisotopic (exact) mass is 585 g/mol. The van der Waals surface area contributed by atoms with Crippen molar-refractivity contribution < 1.29 is 9.13 Å². The van der Waals surface area contributed by atoms with Crippen LogP contribution < -0.4 is 15.4 Å². The maximum absolute atomic E-state index is 16.9. The Morgan fingerprint density at radius 3 is 2.33 bits per heavy atom. The first-order chi connectivity index (χ1) is 20.5. The van der Waals surface area contributed by atoms with Crippen molar-refractivity contribution >= 4 is 34.0 Å². The second-order valence-corrected chi connectivity index (χ2v) is 12.5. The topological polar surface area (TPSA) is 67.5 Å². The zero-order valence-electron chi connectivity index (χ0n) is 23.9. The van der Waals surface area contributed by atoms with Gasteiger partial charge in [0.2, 0.25) is 0 Å². The standard InChI is InChI=1S/C34H37ClFN5O/c35-28-21-27-31(30(36)29(28)26-13-4-3-12-25(26)23-10-7-11-24(37)20-23)38-33(39-32(27)40-16-5-1-2-6-17-40)42-22-34-14-8-18-41(34)19-9-15-34/h3-4,7,10-13,20-21H,1-2,5-6,8-9,14-19,22,37H2. The first-order valence-electron chi connectivity index (χ1n) is 15.3. The molecule has 218 valence electrons. The number of nitrogens with two attached hydrogens (primary N) is 1. The van der Waals surface area contributed by atoms with E-state index in [4.69, 9.17) is 32.0 Å². The highest BCUT2D eigenvalue weighted by Crippen LogP contribution is 2.43. The van der Waals surface area contributed by atoms with Crippen molar-refractivity contribution in [3.63, 3.8) is 0 Å². The lowest BCUT2D eigenvalue weighted by atomic mass is 9.93. The highest BCUT2D eigenvalue weighted by molar-refractivity contribution is 6.34. The normalized spacial score (nSPS) is 18.8. The van der Waals surface area contributed by atoms with Crippen LogP contribution in [0.3, 0.4) is 0 Å². The molecule has 0 bridgehead atoms. The molecule has 4 heterocycles. The molecule has 0 radical (unpaired) electrons. The summed E-state index contributed by atoms with van der Waals surface area (Å²) < 4.78 is 23.3. The Bertz CT molecular complexity index is 1610. The highest BCUT2D eigenvalue weighted by Gasteiger charge is 2.45. The van der Waals surface area contributed by atoms with E-state index < -0.39 is 5.82 Å². The fraction of sp³-hybridized carbons (Fsp3) is 0.412. The first-order valence-corrected chi connectivity index (χ1v) is 15.7. The van der Waals surface area contributed by atoms with Crippen LogP contribution in [0.2, 0.25) is 5.02 Å². The third-order valence-electron chi connectivity index (χ3n) is 9.42. The van der Waals surface area contributed by atoms with Crippen LogP contribution in [0.1, 0.15) is 51.4 Å². The molecule has 0 atom stereocenters. The number of anilines is 2. The van der Waals surface area contributed by atoms with Crippen LogP contribution in [-0.4, -0.2) is 53.2 Å². The van der Waals surface area contributed by atoms with Crippen LogP contribution in [0, 0.1) is 5.82 Å². The van der Waals surface area contributed by atoms with E-state index in [-0.39, 0.29) is 17.1 Å². The Kier molecular flexibility index (Phi) is 7.40. The van der Waals surface area contributed by atoms with Gasteiger partial charge in [0.1, 0.15) is 17.9 Å². The van der Waals surface area contributed by atoms with E-state index in [0.29, 0.717) is 39.6 Å². The molecule has 0 spiro atoms. The molecule has 1 aromatic heterocycles. The second-order valence-electron chi connectivity index (χ2n) is 12.1. The minimum absolute atomic E-state index is 0.0429. The van der Waals surface area contributed by atoms with E-state index in [1.165, 1.54) is 25.7 Å². The molecule has 3 saturated heterocycles. The molecule has 4 aromatic rings. The third kappa shape index (κ3) is 4.96. The summed E-state index contributed by atoms with van der Waals surface area (Å²) in [4.78, 5) is 14.5. The van der Waals surface area contributed by atoms with Gasteiger partial charge in [0.05, 0.1) is 10.6 Å². The number of halogens is 2. The molecule has 3 fully saturated rings. The lowest BCUT2D eigenvalue weighted by Crippen LogP contribution is -2.43. The van der Waals surface area contributed by atoms with E-state index >= 15 is 4.39 Å². The van der Waals surface area contributed by atoms with Gasteiger partial charge >= 0.3 is 6.01 Å². The number of nitrogens with zero attached hydrogens (tertiary/aromatic N) is 4. The molecule has 8 heteroatoms. The van der Waals surface area contributed by atoms with Gasteiger partial charge in [-0.25, -0.2) is 4.39 Å². The van der Waals surface area contributed by atoms with Gasteiger partial charge in [-0.2, -0.15) is 9.97 Å². The fourth-order valence-electron chi connectivity index (χ4n) is 7.31. The minimum atomic E-state index is -0.460. The van der Waals surface area contributed by atoms with Crippen molar-refractivity contribution in [2.75, 3.05) is 43.4 Å². The largest absolute Gasteiger partial charge is 0.461 e. The highest BCUT2D eigenvalue weighted by atomic mass is 35.5. The van der Waals surface area contributed by atoms with Gasteiger partial charge in [-0.1, -0.05) is 60.8 Å². The van der Waals surface area contributed by atoms with Gasteiger partial charge in [0, 0.05) is 29.7 Å². The fourth-order valence-corrected chi connectivity index (χ4v) is 7.61. The molecule has 0 aliphatic carbocycles. The van der Waals surface area contributed by atoms with Crippen molar-refractivity contribution in [1.82, 2.24) is 14.9 Å². The molecule has 0 amide bonds. The zero-order chi connectivity index (χ0) is 28.7. The Labute approximate surface area is 251 Å². The van der Waals surface area contributed by atoms with Crippen LogP contribution in [0.25, 0.3) is 33.2 Å². The summed E-state index contributed by atoms with van der Waals surface area (Å²) in [6.45, 7) is 4.48. The predicted molar refractivity (Wildman–Crippen MR) is 169 cm³/mol. The van der Waals surface area contributed by atoms with Crippen LogP contribution >= 0.6 is 11.6 Å². The summed E-state index contributed by atoms with van der Waals surface area (Å²) >= 11 is 6.95. The smallest absolute Gasteiger partial charge is 0.319 e. The SMILES string of the molecule is Nc1cccc(-c2ccccc2-c2c(Cl)cc3c(N4CCCCCC4)nc(OCC45CCCN4CCC5)nc3c2F)c1. The van der Waals surface area contributed by atoms with Crippen LogP contribution in [0.4, 0.5) is 15.9 Å². The molecular weight excluding hydrogens is 549 g/mol. The maximum Gasteiger partial charge on any atom is 0.319 e. The number of nitrogen functional groups attached to an aromatic ring is 1. The van der Waals surface area contributed by atoms with Gasteiger partial charge in [-0.15, -0.1) is 0 Å². The first kappa shape index (κ1) is 27.4. The number of hydrogen-bond donors (Lipinski definition) is 1. The van der Waals surface area contributed by atoms with E-state index in [1.807, 2.05) is 54.6 Å². The third-order valence-corrected chi connectivity index (χ3v) is 9.72. The quantitative estimate of drug-likeness (QED) is 0.234. The van der Waals surface area contributed by atoms with E-state index in [1.54, 1.807) is 0 Å². The average Bonchev–Trinajstić information content (AvgIpc) is 3.46. The number of ether oxygens (including phenoxy) is 1. The molecular formula is C34H37ClFN5O. The van der Waals surface area contributed by atoms with Crippen molar-refractivity contribution in [2.24, 2.45) is 0 Å². The molecule has 0 unspecified atom stereocenters. The van der Waals surface area contributed by atoms with Crippen molar-refractivity contribution in [3.05, 3.63) is 65.4 Å². The lowest BCUT2D eigenvalue weighted by Gasteiger charge is -2.31. The molecule has 3 aliphatic heterocycles. The number of hydrogen-bond acceptors (Lipinski definition) is 6. The van der Waals surface area contributed by atoms with E-state index in [9.17, 15) is 0 Å². The summed E-state index contributed by atoms with van der Waals surface area (Å²) in [6, 6.07) is 17.4. The van der Waals surface area contributed by atoms with E-state index in [2.05, 4.69) is 9.80 Å². The molecule has 3 aromatic carbocycles. The van der Waals surface area contributed by atoms with Crippen molar-refractivity contribution in [2.45, 2.75) is 56.9 Å². The van der Waals surface area contributed by atoms with Crippen LogP contribution in [0.5, 0.6) is 6.01 Å². The summed E-state index contributed by atoms with van der Waals surface area (Å²) in [5, 5.41) is 0.953. The molecule has 7 rings (SSSR count). The van der Waals surface area contributed by atoms with Crippen LogP contribution in [0.15, 0.2) is 54.6 Å². The number of benzene rings is 3. The van der Waals surface area contributed by atoms with Gasteiger partial charge in [0.15, 0.2) is 5.82 Å². The summed E-state index contributed by atoms with van der Waals surface area (Å²) in [5.74, 6) is 0.249. The van der Waals surface area contributed by atoms with Gasteiger partial charge in [0.25, 0.3) is 0 Å². The number of rotatable bonds is 6. The lowest BCUT2D eigenvalue weighted by molar-refractivity contribution is 0.108. The Hall–Kier alpha value is -3.42. The Morgan fingerprint density at radius 2 is 1.60 bits per heavy atom. The van der Waals surface area contributed by atoms with Crippen LogP contribution in [-0.2, 0) is 0 Å². The predicted octanol–water partition coefficient (Wildman–Crippen LogP) is 7.73. The Balaban J connectivity index is 1.36. The molecule has 3 aliphatic rings. The van der Waals surface area contributed by atoms with Gasteiger partial charge < -0.3 is 15.4 Å². The van der Waals surface area contributed by atoms with E-state index in [0.717, 1.165) is 63.0 Å². The number of aromatic nitrogens is 2. The molecule has 42 heavy (non-hydrogen) atoms. The van der Waals surface area contributed by atoms with Crippen molar-refractivity contribution in [3.8, 4) is 28.3 Å². The zero-order valence-corrected chi connectivity index (χ0v) is 24.7. The van der Waals surface area contributed by atoms with Gasteiger partial charge in [-0.3, -0.25) is 4.90 Å². The molecule has 0 saturated carbocycles. The molecule has 6 nitrogen and oxygen atoms in total. The molecule has 2 N–H and O–H groups in total. The number of fused-ring (bicyclic) bond motifs is 2. The summed E-state index contributed by atoms with van der Waals surface area (Å²) in [5.41, 5.74) is 9.80. The summed E-state index contributed by atoms with van der Waals surface area (Å²) in [6.07, 6.45) is 9.11. The summed E-state index contributed by atoms with van der Waals surface area (Å²) in [7, 11) is 0. The van der Waals surface area contributed by atoms with Gasteiger partial charge in [-0.05, 0) is 86.5 Å². The second kappa shape index (κ2) is 11.3. The average molecular weight is 586 g/mol. The Morgan fingerprint density at radius 1 is 0.857 bits per heavy atom. The maximum atomic E-state index is 16.9. The van der Waals surface area contributed by atoms with Crippen molar-refractivity contribution in [1.29, 1.82) is 0 Å².